The molecule has 2 aromatic rings. The van der Waals surface area contributed by atoms with Crippen molar-refractivity contribution in [2.45, 2.75) is 26.4 Å². The van der Waals surface area contributed by atoms with E-state index in [1.54, 1.807) is 6.33 Å². The van der Waals surface area contributed by atoms with Crippen molar-refractivity contribution >= 4 is 5.82 Å². The zero-order valence-corrected chi connectivity index (χ0v) is 13.2. The molecule has 8 heteroatoms. The normalized spacial score (nSPS) is 18.9. The Morgan fingerprint density at radius 1 is 1.17 bits per heavy atom. The van der Waals surface area contributed by atoms with Crippen LogP contribution in [-0.4, -0.2) is 57.9 Å². The molecule has 122 valence electrons. The lowest BCUT2D eigenvalue weighted by Crippen LogP contribution is -2.39. The third kappa shape index (κ3) is 3.04. The van der Waals surface area contributed by atoms with E-state index in [-0.39, 0.29) is 0 Å². The van der Waals surface area contributed by atoms with Crippen molar-refractivity contribution < 1.29 is 9.26 Å². The number of hydrogen-bond donors (Lipinski definition) is 0. The van der Waals surface area contributed by atoms with E-state index < -0.39 is 0 Å². The Kier molecular flexibility index (Phi) is 3.92. The maximum absolute atomic E-state index is 5.44. The number of anilines is 1. The zero-order valence-electron chi connectivity index (χ0n) is 13.2. The minimum absolute atomic E-state index is 0.663. The van der Waals surface area contributed by atoms with Gasteiger partial charge in [0.1, 0.15) is 12.1 Å². The van der Waals surface area contributed by atoms with Crippen molar-refractivity contribution in [3.63, 3.8) is 0 Å². The van der Waals surface area contributed by atoms with Gasteiger partial charge in [-0.15, -0.1) is 0 Å². The summed E-state index contributed by atoms with van der Waals surface area (Å²) >= 11 is 0. The van der Waals surface area contributed by atoms with Crippen molar-refractivity contribution in [3.05, 3.63) is 29.3 Å². The first-order valence-corrected chi connectivity index (χ1v) is 7.96. The second-order valence-corrected chi connectivity index (χ2v) is 5.92. The molecule has 0 aliphatic carbocycles. The van der Waals surface area contributed by atoms with E-state index in [1.807, 2.05) is 6.92 Å². The quantitative estimate of drug-likeness (QED) is 0.813. The van der Waals surface area contributed by atoms with Crippen LogP contribution in [0, 0.1) is 6.92 Å². The summed E-state index contributed by atoms with van der Waals surface area (Å²) < 4.78 is 10.7. The van der Waals surface area contributed by atoms with E-state index in [9.17, 15) is 0 Å². The van der Waals surface area contributed by atoms with Gasteiger partial charge < -0.3 is 14.2 Å². The summed E-state index contributed by atoms with van der Waals surface area (Å²) in [7, 11) is 0. The number of aryl methyl sites for hydroxylation is 1. The molecule has 0 bridgehead atoms. The lowest BCUT2D eigenvalue weighted by Gasteiger charge is -2.33. The topological polar surface area (TPSA) is 80.4 Å². The van der Waals surface area contributed by atoms with Crippen LogP contribution in [0.15, 0.2) is 10.9 Å². The SMILES string of the molecule is Cc1noc(CN2CCc3ncnc(N4CCOCC4)c3C2)n1. The van der Waals surface area contributed by atoms with Gasteiger partial charge in [0.15, 0.2) is 5.82 Å². The highest BCUT2D eigenvalue weighted by atomic mass is 16.5. The summed E-state index contributed by atoms with van der Waals surface area (Å²) in [6, 6.07) is 0. The molecule has 0 atom stereocenters. The fourth-order valence-electron chi connectivity index (χ4n) is 3.16. The third-order valence-corrected chi connectivity index (χ3v) is 4.30. The number of nitrogens with zero attached hydrogens (tertiary/aromatic N) is 6. The fraction of sp³-hybridized carbons (Fsp3) is 0.600. The standard InChI is InChI=1S/C15H20N6O2/c1-11-18-14(23-19-11)9-20-3-2-13-12(8-20)15(17-10-16-13)21-4-6-22-7-5-21/h10H,2-9H2,1H3. The van der Waals surface area contributed by atoms with E-state index in [4.69, 9.17) is 9.26 Å². The van der Waals surface area contributed by atoms with Gasteiger partial charge >= 0.3 is 0 Å². The van der Waals surface area contributed by atoms with Crippen LogP contribution in [0.25, 0.3) is 0 Å². The molecular weight excluding hydrogens is 296 g/mol. The molecule has 2 aliphatic rings. The largest absolute Gasteiger partial charge is 0.378 e. The summed E-state index contributed by atoms with van der Waals surface area (Å²) in [5.41, 5.74) is 2.37. The van der Waals surface area contributed by atoms with Crippen molar-refractivity contribution in [1.82, 2.24) is 25.0 Å². The molecule has 0 spiro atoms. The van der Waals surface area contributed by atoms with Gasteiger partial charge in [-0.2, -0.15) is 4.98 Å². The monoisotopic (exact) mass is 316 g/mol. The number of hydrogen-bond acceptors (Lipinski definition) is 8. The Morgan fingerprint density at radius 3 is 2.83 bits per heavy atom. The third-order valence-electron chi connectivity index (χ3n) is 4.30. The average molecular weight is 316 g/mol. The van der Waals surface area contributed by atoms with Crippen molar-refractivity contribution in [2.24, 2.45) is 0 Å². The highest BCUT2D eigenvalue weighted by Crippen LogP contribution is 2.27. The van der Waals surface area contributed by atoms with E-state index in [0.717, 1.165) is 57.3 Å². The Hall–Kier alpha value is -2.06. The molecule has 0 N–H and O–H groups in total. The summed E-state index contributed by atoms with van der Waals surface area (Å²) in [6.45, 7) is 7.52. The van der Waals surface area contributed by atoms with Crippen LogP contribution in [0.3, 0.4) is 0 Å². The van der Waals surface area contributed by atoms with Crippen molar-refractivity contribution in [2.75, 3.05) is 37.7 Å². The molecule has 4 rings (SSSR count). The summed E-state index contributed by atoms with van der Waals surface area (Å²) in [6.07, 6.45) is 2.60. The van der Waals surface area contributed by atoms with Crippen LogP contribution >= 0.6 is 0 Å². The lowest BCUT2D eigenvalue weighted by molar-refractivity contribution is 0.122. The molecule has 1 saturated heterocycles. The summed E-state index contributed by atoms with van der Waals surface area (Å²) in [5, 5.41) is 3.86. The van der Waals surface area contributed by atoms with Gasteiger partial charge in [0.2, 0.25) is 5.89 Å². The predicted molar refractivity (Wildman–Crippen MR) is 81.9 cm³/mol. The van der Waals surface area contributed by atoms with Crippen LogP contribution in [0.1, 0.15) is 23.0 Å². The first-order valence-electron chi connectivity index (χ1n) is 7.96. The molecule has 0 saturated carbocycles. The maximum Gasteiger partial charge on any atom is 0.240 e. The van der Waals surface area contributed by atoms with Gasteiger partial charge in [-0.3, -0.25) is 4.90 Å². The maximum atomic E-state index is 5.44. The highest BCUT2D eigenvalue weighted by Gasteiger charge is 2.25. The molecule has 0 radical (unpaired) electrons. The van der Waals surface area contributed by atoms with Gasteiger partial charge in [0.05, 0.1) is 25.5 Å². The van der Waals surface area contributed by atoms with Crippen molar-refractivity contribution in [3.8, 4) is 0 Å². The molecule has 0 aromatic carbocycles. The van der Waals surface area contributed by atoms with Crippen LogP contribution in [0.4, 0.5) is 5.82 Å². The van der Waals surface area contributed by atoms with Crippen LogP contribution in [-0.2, 0) is 24.2 Å². The Morgan fingerprint density at radius 2 is 2.04 bits per heavy atom. The number of rotatable bonds is 3. The van der Waals surface area contributed by atoms with Crippen molar-refractivity contribution in [1.29, 1.82) is 0 Å². The minimum Gasteiger partial charge on any atom is -0.378 e. The highest BCUT2D eigenvalue weighted by molar-refractivity contribution is 5.49. The zero-order chi connectivity index (χ0) is 15.6. The van der Waals surface area contributed by atoms with Gasteiger partial charge in [0.25, 0.3) is 0 Å². The number of ether oxygens (including phenoxy) is 1. The molecule has 2 aromatic heterocycles. The van der Waals surface area contributed by atoms with Gasteiger partial charge in [-0.25, -0.2) is 9.97 Å². The van der Waals surface area contributed by atoms with Gasteiger partial charge in [-0.1, -0.05) is 5.16 Å². The number of aromatic nitrogens is 4. The molecule has 2 aliphatic heterocycles. The average Bonchev–Trinajstić information content (AvgIpc) is 3.00. The van der Waals surface area contributed by atoms with Gasteiger partial charge in [-0.05, 0) is 6.92 Å². The lowest BCUT2D eigenvalue weighted by atomic mass is 10.1. The van der Waals surface area contributed by atoms with E-state index in [0.29, 0.717) is 18.3 Å². The molecule has 1 fully saturated rings. The molecule has 4 heterocycles. The smallest absolute Gasteiger partial charge is 0.240 e. The van der Waals surface area contributed by atoms with Gasteiger partial charge in [0, 0.05) is 38.2 Å². The minimum atomic E-state index is 0.663. The van der Waals surface area contributed by atoms with Crippen LogP contribution in [0.5, 0.6) is 0 Å². The van der Waals surface area contributed by atoms with Crippen LogP contribution < -0.4 is 4.90 Å². The second kappa shape index (κ2) is 6.21. The number of morpholine rings is 1. The summed E-state index contributed by atoms with van der Waals surface area (Å²) in [4.78, 5) is 17.9. The fourth-order valence-corrected chi connectivity index (χ4v) is 3.16. The Bertz CT molecular complexity index is 682. The first kappa shape index (κ1) is 14.5. The second-order valence-electron chi connectivity index (χ2n) is 5.92. The number of fused-ring (bicyclic) bond motifs is 1. The van der Waals surface area contributed by atoms with E-state index in [1.165, 1.54) is 5.56 Å². The predicted octanol–water partition coefficient (Wildman–Crippen LogP) is 0.563. The molecule has 0 amide bonds. The first-order chi connectivity index (χ1) is 11.3. The van der Waals surface area contributed by atoms with Crippen LogP contribution in [0.2, 0.25) is 0 Å². The molecule has 23 heavy (non-hydrogen) atoms. The molecule has 8 nitrogen and oxygen atoms in total. The Labute approximate surface area is 134 Å². The van der Waals surface area contributed by atoms with E-state index in [2.05, 4.69) is 29.9 Å². The molecule has 0 unspecified atom stereocenters. The van der Waals surface area contributed by atoms with E-state index >= 15 is 0 Å². The molecular formula is C15H20N6O2. The Balaban J connectivity index is 1.55. The summed E-state index contributed by atoms with van der Waals surface area (Å²) in [5.74, 6) is 2.38.